The van der Waals surface area contributed by atoms with Gasteiger partial charge in [0.1, 0.15) is 5.54 Å². The summed E-state index contributed by atoms with van der Waals surface area (Å²) in [4.78, 5) is 33.9. The van der Waals surface area contributed by atoms with E-state index in [0.29, 0.717) is 37.1 Å². The highest BCUT2D eigenvalue weighted by Crippen LogP contribution is 2.34. The molecule has 1 aromatic rings. The van der Waals surface area contributed by atoms with Gasteiger partial charge in [-0.15, -0.1) is 0 Å². The fourth-order valence-corrected chi connectivity index (χ4v) is 5.75. The average Bonchev–Trinajstić information content (AvgIpc) is 2.99. The lowest BCUT2D eigenvalue weighted by Gasteiger charge is -2.32. The number of aliphatic imine (C=N–C) groups is 1. The number of rotatable bonds is 6. The highest BCUT2D eigenvalue weighted by molar-refractivity contribution is 7.85. The number of fused-ring (bicyclic) bond motifs is 2. The van der Waals surface area contributed by atoms with Crippen LogP contribution in [0.4, 0.5) is 5.69 Å². The van der Waals surface area contributed by atoms with Crippen LogP contribution < -0.4 is 5.32 Å². The van der Waals surface area contributed by atoms with Crippen molar-refractivity contribution in [3.63, 3.8) is 0 Å². The third-order valence-corrected chi connectivity index (χ3v) is 8.26. The summed E-state index contributed by atoms with van der Waals surface area (Å²) in [5, 5.41) is 2.84. The van der Waals surface area contributed by atoms with Crippen molar-refractivity contribution in [3.05, 3.63) is 23.8 Å². The van der Waals surface area contributed by atoms with Crippen molar-refractivity contribution in [2.24, 2.45) is 4.99 Å². The van der Waals surface area contributed by atoms with Crippen LogP contribution in [-0.2, 0) is 26.9 Å². The van der Waals surface area contributed by atoms with E-state index in [4.69, 9.17) is 0 Å². The van der Waals surface area contributed by atoms with Crippen molar-refractivity contribution in [1.29, 1.82) is 0 Å². The van der Waals surface area contributed by atoms with E-state index in [1.54, 1.807) is 0 Å². The largest absolute Gasteiger partial charge is 0.343 e. The van der Waals surface area contributed by atoms with Crippen molar-refractivity contribution >= 4 is 34.3 Å². The Morgan fingerprint density at radius 3 is 2.77 bits per heavy atom. The number of nitrogens with one attached hydrogen (secondary N) is 1. The molecule has 8 heteroatoms. The number of carbonyl (C=O) groups excluding carboxylic acids is 2. The minimum absolute atomic E-state index is 0.0642. The van der Waals surface area contributed by atoms with Crippen LogP contribution in [0.5, 0.6) is 0 Å². The van der Waals surface area contributed by atoms with Gasteiger partial charge in [0.25, 0.3) is 5.91 Å². The average molecular weight is 445 g/mol. The maximum Gasteiger partial charge on any atom is 0.252 e. The second-order valence-electron chi connectivity index (χ2n) is 9.27. The van der Waals surface area contributed by atoms with Gasteiger partial charge in [-0.2, -0.15) is 0 Å². The SMILES string of the molecule is CN(C(=O)CCCS(=O)c1ccc2c(c1)CN1C(=N2)NC(=O)C1(C)C)C1CCCCC1. The number of benzene rings is 1. The molecule has 2 aliphatic heterocycles. The Morgan fingerprint density at radius 2 is 2.03 bits per heavy atom. The predicted octanol–water partition coefficient (Wildman–Crippen LogP) is 3.08. The summed E-state index contributed by atoms with van der Waals surface area (Å²) in [6, 6.07) is 6.01. The Morgan fingerprint density at radius 1 is 1.29 bits per heavy atom. The molecule has 4 rings (SSSR count). The van der Waals surface area contributed by atoms with E-state index in [9.17, 15) is 13.8 Å². The van der Waals surface area contributed by atoms with E-state index in [1.807, 2.05) is 48.9 Å². The normalized spacial score (nSPS) is 21.1. The highest BCUT2D eigenvalue weighted by Gasteiger charge is 2.45. The predicted molar refractivity (Wildman–Crippen MR) is 121 cm³/mol. The van der Waals surface area contributed by atoms with Crippen molar-refractivity contribution in [2.45, 2.75) is 81.8 Å². The maximum absolute atomic E-state index is 12.9. The van der Waals surface area contributed by atoms with Gasteiger partial charge in [0.15, 0.2) is 0 Å². The molecular formula is C23H32N4O3S. The minimum Gasteiger partial charge on any atom is -0.343 e. The molecule has 1 atom stereocenters. The Hall–Kier alpha value is -2.22. The molecule has 1 saturated heterocycles. The van der Waals surface area contributed by atoms with Gasteiger partial charge >= 0.3 is 0 Å². The zero-order chi connectivity index (χ0) is 22.2. The summed E-state index contributed by atoms with van der Waals surface area (Å²) in [5.41, 5.74) is 1.11. The van der Waals surface area contributed by atoms with E-state index < -0.39 is 16.3 Å². The van der Waals surface area contributed by atoms with Crippen molar-refractivity contribution in [2.75, 3.05) is 12.8 Å². The monoisotopic (exact) mass is 444 g/mol. The second kappa shape index (κ2) is 8.73. The van der Waals surface area contributed by atoms with Gasteiger partial charge in [-0.3, -0.25) is 19.1 Å². The van der Waals surface area contributed by atoms with Crippen LogP contribution in [-0.4, -0.2) is 56.2 Å². The molecule has 1 N–H and O–H groups in total. The Bertz CT molecular complexity index is 937. The molecular weight excluding hydrogens is 412 g/mol. The molecule has 1 unspecified atom stereocenters. The molecule has 1 aliphatic carbocycles. The summed E-state index contributed by atoms with van der Waals surface area (Å²) < 4.78 is 12.9. The van der Waals surface area contributed by atoms with Crippen LogP contribution in [0.2, 0.25) is 0 Å². The molecule has 1 aromatic carbocycles. The fourth-order valence-electron chi connectivity index (χ4n) is 4.61. The lowest BCUT2D eigenvalue weighted by Crippen LogP contribution is -2.44. The first-order valence-electron chi connectivity index (χ1n) is 11.2. The number of nitrogens with zero attached hydrogens (tertiary/aromatic N) is 3. The van der Waals surface area contributed by atoms with E-state index in [-0.39, 0.29) is 11.8 Å². The molecule has 2 heterocycles. The number of amides is 2. The van der Waals surface area contributed by atoms with Gasteiger partial charge < -0.3 is 9.80 Å². The summed E-state index contributed by atoms with van der Waals surface area (Å²) in [6.07, 6.45) is 6.93. The van der Waals surface area contributed by atoms with Crippen LogP contribution in [0.25, 0.3) is 0 Å². The quantitative estimate of drug-likeness (QED) is 0.731. The first-order valence-corrected chi connectivity index (χ1v) is 12.5. The molecule has 0 bridgehead atoms. The van der Waals surface area contributed by atoms with Crippen molar-refractivity contribution in [1.82, 2.24) is 15.1 Å². The van der Waals surface area contributed by atoms with Gasteiger partial charge in [-0.1, -0.05) is 19.3 Å². The Kier molecular flexibility index (Phi) is 6.19. The van der Waals surface area contributed by atoms with E-state index in [1.165, 1.54) is 19.3 Å². The number of hydrogen-bond acceptors (Lipinski definition) is 5. The van der Waals surface area contributed by atoms with E-state index in [2.05, 4.69) is 10.3 Å². The van der Waals surface area contributed by atoms with E-state index >= 15 is 0 Å². The maximum atomic E-state index is 12.9. The lowest BCUT2D eigenvalue weighted by molar-refractivity contribution is -0.132. The Labute approximate surface area is 186 Å². The van der Waals surface area contributed by atoms with E-state index in [0.717, 1.165) is 29.0 Å². The highest BCUT2D eigenvalue weighted by atomic mass is 32.2. The van der Waals surface area contributed by atoms with Gasteiger partial charge in [0, 0.05) is 36.7 Å². The van der Waals surface area contributed by atoms with Crippen molar-refractivity contribution < 1.29 is 13.8 Å². The van der Waals surface area contributed by atoms with Crippen LogP contribution >= 0.6 is 0 Å². The van der Waals surface area contributed by atoms with Crippen molar-refractivity contribution in [3.8, 4) is 0 Å². The summed E-state index contributed by atoms with van der Waals surface area (Å²) in [5.74, 6) is 1.14. The molecule has 3 aliphatic rings. The standard InChI is InChI=1S/C23H32N4O3S/c1-23(2)21(29)25-22-24-19-12-11-18(14-16(19)15-27(22)23)31(30)13-7-10-20(28)26(3)17-8-5-4-6-9-17/h11-12,14,17H,4-10,13,15H2,1-3H3,(H,24,25,29). The van der Waals surface area contributed by atoms with Gasteiger partial charge in [-0.05, 0) is 56.9 Å². The molecule has 0 aromatic heterocycles. The third kappa shape index (κ3) is 4.40. The fraction of sp³-hybridized carbons (Fsp3) is 0.609. The molecule has 2 amide bonds. The van der Waals surface area contributed by atoms with Crippen LogP contribution in [0.3, 0.4) is 0 Å². The molecule has 0 radical (unpaired) electrons. The Balaban J connectivity index is 1.34. The summed E-state index contributed by atoms with van der Waals surface area (Å²) >= 11 is 0. The molecule has 2 fully saturated rings. The zero-order valence-electron chi connectivity index (χ0n) is 18.6. The second-order valence-corrected chi connectivity index (χ2v) is 10.8. The molecule has 168 valence electrons. The molecule has 1 saturated carbocycles. The van der Waals surface area contributed by atoms with Gasteiger partial charge in [-0.25, -0.2) is 4.99 Å². The molecule has 31 heavy (non-hydrogen) atoms. The molecule has 0 spiro atoms. The van der Waals surface area contributed by atoms with Crippen LogP contribution in [0, 0.1) is 0 Å². The van der Waals surface area contributed by atoms with Gasteiger partial charge in [0.2, 0.25) is 11.9 Å². The number of guanidine groups is 1. The number of hydrogen-bond donors (Lipinski definition) is 1. The zero-order valence-corrected chi connectivity index (χ0v) is 19.5. The van der Waals surface area contributed by atoms with Crippen LogP contribution in [0.15, 0.2) is 28.1 Å². The van der Waals surface area contributed by atoms with Gasteiger partial charge in [0.05, 0.1) is 16.5 Å². The van der Waals surface area contributed by atoms with Crippen LogP contribution in [0.1, 0.15) is 64.4 Å². The first-order chi connectivity index (χ1) is 14.8. The first kappa shape index (κ1) is 22.0. The summed E-state index contributed by atoms with van der Waals surface area (Å²) in [7, 11) is 0.741. The topological polar surface area (TPSA) is 82.1 Å². The number of carbonyl (C=O) groups is 2. The minimum atomic E-state index is -1.17. The third-order valence-electron chi connectivity index (χ3n) is 6.82. The smallest absolute Gasteiger partial charge is 0.252 e. The molecule has 7 nitrogen and oxygen atoms in total. The lowest BCUT2D eigenvalue weighted by atomic mass is 9.94. The summed E-state index contributed by atoms with van der Waals surface area (Å²) in [6.45, 7) is 4.30.